The van der Waals surface area contributed by atoms with E-state index in [2.05, 4.69) is 15.1 Å². The van der Waals surface area contributed by atoms with E-state index in [1.807, 2.05) is 30.3 Å². The zero-order valence-corrected chi connectivity index (χ0v) is 16.6. The molecular weight excluding hydrogens is 409 g/mol. The van der Waals surface area contributed by atoms with Gasteiger partial charge < -0.3 is 4.74 Å². The third kappa shape index (κ3) is 4.11. The number of alkyl halides is 3. The summed E-state index contributed by atoms with van der Waals surface area (Å²) in [6.07, 6.45) is -1.35. The van der Waals surface area contributed by atoms with E-state index in [1.165, 1.54) is 16.9 Å². The summed E-state index contributed by atoms with van der Waals surface area (Å²) < 4.78 is 45.0. The fourth-order valence-corrected chi connectivity index (χ4v) is 3.12. The molecule has 0 aliphatic rings. The maximum Gasteiger partial charge on any atom is 0.417 e. The van der Waals surface area contributed by atoms with Crippen LogP contribution in [0.2, 0.25) is 0 Å². The van der Waals surface area contributed by atoms with Crippen LogP contribution in [0.25, 0.3) is 16.7 Å². The van der Waals surface area contributed by atoms with Gasteiger partial charge in [0.05, 0.1) is 23.0 Å². The number of para-hydroxylation sites is 1. The Hall–Kier alpha value is -3.75. The van der Waals surface area contributed by atoms with Gasteiger partial charge in [-0.05, 0) is 38.1 Å². The molecule has 0 fully saturated rings. The van der Waals surface area contributed by atoms with Crippen molar-refractivity contribution in [2.24, 2.45) is 0 Å². The lowest BCUT2D eigenvalue weighted by Crippen LogP contribution is -2.11. The van der Waals surface area contributed by atoms with Gasteiger partial charge in [0, 0.05) is 23.3 Å². The van der Waals surface area contributed by atoms with Crippen molar-refractivity contribution in [3.05, 3.63) is 83.4 Å². The molecule has 3 heterocycles. The molecule has 31 heavy (non-hydrogen) atoms. The quantitative estimate of drug-likeness (QED) is 0.427. The highest BCUT2D eigenvalue weighted by Crippen LogP contribution is 2.29. The van der Waals surface area contributed by atoms with Crippen molar-refractivity contribution < 1.29 is 22.7 Å². The number of hydrogen-bond donors (Lipinski definition) is 0. The molecule has 0 saturated carbocycles. The summed E-state index contributed by atoms with van der Waals surface area (Å²) in [6, 6.07) is 11.6. The highest BCUT2D eigenvalue weighted by Gasteiger charge is 2.31. The molecule has 3 aromatic heterocycles. The molecule has 1 unspecified atom stereocenters. The first-order valence-electron chi connectivity index (χ1n) is 9.38. The van der Waals surface area contributed by atoms with Gasteiger partial charge in [-0.25, -0.2) is 14.5 Å². The molecule has 0 spiro atoms. The smallest absolute Gasteiger partial charge is 0.417 e. The first-order chi connectivity index (χ1) is 14.7. The summed E-state index contributed by atoms with van der Waals surface area (Å²) in [4.78, 5) is 20.9. The molecule has 0 aliphatic heterocycles. The lowest BCUT2D eigenvalue weighted by atomic mass is 10.1. The maximum atomic E-state index is 12.7. The predicted octanol–water partition coefficient (Wildman–Crippen LogP) is 5.06. The number of hydrogen-bond acceptors (Lipinski definition) is 5. The van der Waals surface area contributed by atoms with Crippen LogP contribution in [0.15, 0.2) is 61.1 Å². The van der Waals surface area contributed by atoms with Gasteiger partial charge in [0.25, 0.3) is 0 Å². The first kappa shape index (κ1) is 20.5. The monoisotopic (exact) mass is 426 g/mol. The van der Waals surface area contributed by atoms with Crippen molar-refractivity contribution in [3.8, 4) is 5.82 Å². The van der Waals surface area contributed by atoms with Crippen molar-refractivity contribution in [2.45, 2.75) is 26.1 Å². The summed E-state index contributed by atoms with van der Waals surface area (Å²) in [5.74, 6) is -0.437. The highest BCUT2D eigenvalue weighted by atomic mass is 19.4. The van der Waals surface area contributed by atoms with Crippen LogP contribution in [-0.4, -0.2) is 25.7 Å². The summed E-state index contributed by atoms with van der Waals surface area (Å²) >= 11 is 0. The van der Waals surface area contributed by atoms with Gasteiger partial charge in [0.2, 0.25) is 0 Å². The Kier molecular flexibility index (Phi) is 5.18. The molecule has 0 bridgehead atoms. The Morgan fingerprint density at radius 2 is 1.84 bits per heavy atom. The SMILES string of the molecule is Cc1c(C(=O)OC(C)c2cnc3ccccc3c2)cnn1-c1ccc(C(F)(F)F)cn1. The number of fused-ring (bicyclic) bond motifs is 1. The topological polar surface area (TPSA) is 69.9 Å². The van der Waals surface area contributed by atoms with Crippen molar-refractivity contribution in [1.29, 1.82) is 0 Å². The van der Waals surface area contributed by atoms with Crippen molar-refractivity contribution in [3.63, 3.8) is 0 Å². The second-order valence-corrected chi connectivity index (χ2v) is 6.97. The first-order valence-corrected chi connectivity index (χ1v) is 9.38. The van der Waals surface area contributed by atoms with Gasteiger partial charge in [0.1, 0.15) is 11.7 Å². The molecule has 0 saturated heterocycles. The van der Waals surface area contributed by atoms with E-state index in [0.717, 1.165) is 28.7 Å². The van der Waals surface area contributed by atoms with Gasteiger partial charge in [-0.1, -0.05) is 18.2 Å². The van der Waals surface area contributed by atoms with Crippen LogP contribution in [0.3, 0.4) is 0 Å². The number of carbonyl (C=O) groups excluding carboxylic acids is 1. The minimum absolute atomic E-state index is 0.163. The third-order valence-electron chi connectivity index (χ3n) is 4.89. The second-order valence-electron chi connectivity index (χ2n) is 6.97. The summed E-state index contributed by atoms with van der Waals surface area (Å²) in [5.41, 5.74) is 1.31. The zero-order chi connectivity index (χ0) is 22.2. The average Bonchev–Trinajstić information content (AvgIpc) is 3.14. The largest absolute Gasteiger partial charge is 0.454 e. The number of ether oxygens (including phenoxy) is 1. The second kappa shape index (κ2) is 7.82. The normalized spacial score (nSPS) is 12.7. The summed E-state index contributed by atoms with van der Waals surface area (Å²) in [7, 11) is 0. The molecule has 1 aromatic carbocycles. The fourth-order valence-electron chi connectivity index (χ4n) is 3.12. The number of halogens is 3. The van der Waals surface area contributed by atoms with Crippen molar-refractivity contribution in [1.82, 2.24) is 19.7 Å². The van der Waals surface area contributed by atoms with Crippen LogP contribution in [0.4, 0.5) is 13.2 Å². The van der Waals surface area contributed by atoms with Crippen LogP contribution in [0, 0.1) is 6.92 Å². The molecule has 0 amide bonds. The lowest BCUT2D eigenvalue weighted by Gasteiger charge is -2.14. The number of nitrogens with zero attached hydrogens (tertiary/aromatic N) is 4. The molecule has 9 heteroatoms. The molecule has 0 N–H and O–H groups in total. The number of benzene rings is 1. The van der Waals surface area contributed by atoms with Gasteiger partial charge in [-0.2, -0.15) is 18.3 Å². The van der Waals surface area contributed by atoms with E-state index < -0.39 is 23.8 Å². The molecule has 0 radical (unpaired) electrons. The van der Waals surface area contributed by atoms with Crippen molar-refractivity contribution in [2.75, 3.05) is 0 Å². The van der Waals surface area contributed by atoms with Crippen LogP contribution < -0.4 is 0 Å². The maximum absolute atomic E-state index is 12.7. The Bertz CT molecular complexity index is 1250. The highest BCUT2D eigenvalue weighted by molar-refractivity contribution is 5.90. The molecule has 0 aliphatic carbocycles. The van der Waals surface area contributed by atoms with Crippen LogP contribution >= 0.6 is 0 Å². The molecular formula is C22H17F3N4O2. The number of pyridine rings is 2. The van der Waals surface area contributed by atoms with Crippen molar-refractivity contribution >= 4 is 16.9 Å². The van der Waals surface area contributed by atoms with Gasteiger partial charge in [0.15, 0.2) is 5.82 Å². The van der Waals surface area contributed by atoms with Crippen LogP contribution in [0.1, 0.15) is 40.2 Å². The lowest BCUT2D eigenvalue weighted by molar-refractivity contribution is -0.137. The van der Waals surface area contributed by atoms with E-state index in [0.29, 0.717) is 5.69 Å². The van der Waals surface area contributed by atoms with E-state index in [1.54, 1.807) is 20.0 Å². The van der Waals surface area contributed by atoms with E-state index >= 15 is 0 Å². The predicted molar refractivity (Wildman–Crippen MR) is 107 cm³/mol. The Labute approximate surface area is 175 Å². The van der Waals surface area contributed by atoms with Gasteiger partial charge >= 0.3 is 12.1 Å². The van der Waals surface area contributed by atoms with Crippen LogP contribution in [0.5, 0.6) is 0 Å². The van der Waals surface area contributed by atoms with E-state index in [-0.39, 0.29) is 11.4 Å². The third-order valence-corrected chi connectivity index (χ3v) is 4.89. The fraction of sp³-hybridized carbons (Fsp3) is 0.182. The standard InChI is InChI=1S/C22H17F3N4O2/c1-13-18(12-28-29(13)20-8-7-17(11-27-20)22(23,24)25)21(30)31-14(2)16-9-15-5-3-4-6-19(15)26-10-16/h3-12,14H,1-2H3. The van der Waals surface area contributed by atoms with E-state index in [9.17, 15) is 18.0 Å². The van der Waals surface area contributed by atoms with Crippen LogP contribution in [-0.2, 0) is 10.9 Å². The van der Waals surface area contributed by atoms with E-state index in [4.69, 9.17) is 4.74 Å². The van der Waals surface area contributed by atoms with Gasteiger partial charge in [-0.3, -0.25) is 4.98 Å². The number of carbonyl (C=O) groups is 1. The molecule has 158 valence electrons. The molecule has 6 nitrogen and oxygen atoms in total. The minimum atomic E-state index is -4.48. The number of esters is 1. The number of aromatic nitrogens is 4. The number of rotatable bonds is 4. The Morgan fingerprint density at radius 3 is 2.55 bits per heavy atom. The summed E-state index contributed by atoms with van der Waals surface area (Å²) in [6.45, 7) is 3.35. The average molecular weight is 426 g/mol. The molecule has 1 atom stereocenters. The zero-order valence-electron chi connectivity index (χ0n) is 16.6. The Balaban J connectivity index is 1.53. The Morgan fingerprint density at radius 1 is 1.06 bits per heavy atom. The summed E-state index contributed by atoms with van der Waals surface area (Å²) in [5, 5.41) is 5.01. The van der Waals surface area contributed by atoms with Gasteiger partial charge in [-0.15, -0.1) is 0 Å². The minimum Gasteiger partial charge on any atom is -0.454 e. The molecule has 4 rings (SSSR count). The molecule has 4 aromatic rings.